The Morgan fingerprint density at radius 3 is 2.53 bits per heavy atom. The van der Waals surface area contributed by atoms with E-state index in [-0.39, 0.29) is 12.7 Å². The quantitative estimate of drug-likeness (QED) is 0.762. The Kier molecular flexibility index (Phi) is 4.12. The standard InChI is InChI=1S/C11H22O4/c1-5-6-7-9-11(8-12,13-4)15-10(2,3)14-9/h9,12H,5-8H2,1-4H3/t9-,11-/m0/s1. The summed E-state index contributed by atoms with van der Waals surface area (Å²) in [5.41, 5.74) is 0. The van der Waals surface area contributed by atoms with Crippen LogP contribution in [0.1, 0.15) is 40.0 Å². The summed E-state index contributed by atoms with van der Waals surface area (Å²) >= 11 is 0. The summed E-state index contributed by atoms with van der Waals surface area (Å²) in [5.74, 6) is -1.67. The number of rotatable bonds is 5. The highest BCUT2D eigenvalue weighted by molar-refractivity contribution is 4.88. The molecule has 90 valence electrons. The van der Waals surface area contributed by atoms with Crippen molar-refractivity contribution in [1.82, 2.24) is 0 Å². The lowest BCUT2D eigenvalue weighted by Crippen LogP contribution is -2.45. The maximum atomic E-state index is 9.39. The van der Waals surface area contributed by atoms with Crippen LogP contribution in [0.5, 0.6) is 0 Å². The summed E-state index contributed by atoms with van der Waals surface area (Å²) in [5, 5.41) is 9.39. The molecule has 1 aliphatic heterocycles. The molecule has 1 rings (SSSR count). The molecular weight excluding hydrogens is 196 g/mol. The molecule has 1 saturated heterocycles. The number of unbranched alkanes of at least 4 members (excludes halogenated alkanes) is 1. The Hall–Kier alpha value is -0.160. The molecule has 15 heavy (non-hydrogen) atoms. The molecule has 1 N–H and O–H groups in total. The molecule has 0 bridgehead atoms. The zero-order valence-corrected chi connectivity index (χ0v) is 10.1. The smallest absolute Gasteiger partial charge is 0.221 e. The Balaban J connectivity index is 2.73. The second-order valence-electron chi connectivity index (χ2n) is 4.42. The molecule has 0 saturated carbocycles. The van der Waals surface area contributed by atoms with Gasteiger partial charge in [-0.1, -0.05) is 19.8 Å². The van der Waals surface area contributed by atoms with Crippen LogP contribution in [-0.4, -0.2) is 36.5 Å². The maximum Gasteiger partial charge on any atom is 0.221 e. The molecule has 0 spiro atoms. The second kappa shape index (κ2) is 4.78. The largest absolute Gasteiger partial charge is 0.391 e. The predicted molar refractivity (Wildman–Crippen MR) is 56.4 cm³/mol. The van der Waals surface area contributed by atoms with Crippen molar-refractivity contribution in [2.24, 2.45) is 0 Å². The van der Waals surface area contributed by atoms with Crippen molar-refractivity contribution in [3.63, 3.8) is 0 Å². The van der Waals surface area contributed by atoms with Crippen molar-refractivity contribution in [1.29, 1.82) is 0 Å². The molecular formula is C11H22O4. The molecule has 2 atom stereocenters. The van der Waals surface area contributed by atoms with Gasteiger partial charge in [-0.2, -0.15) is 0 Å². The van der Waals surface area contributed by atoms with Crippen molar-refractivity contribution < 1.29 is 19.3 Å². The molecule has 0 aromatic rings. The molecule has 0 aromatic heterocycles. The van der Waals surface area contributed by atoms with Crippen LogP contribution >= 0.6 is 0 Å². The fourth-order valence-electron chi connectivity index (χ4n) is 1.98. The first-order chi connectivity index (χ1) is 6.99. The van der Waals surface area contributed by atoms with Crippen molar-refractivity contribution in [3.05, 3.63) is 0 Å². The zero-order chi connectivity index (χ0) is 11.5. The summed E-state index contributed by atoms with van der Waals surface area (Å²) in [6, 6.07) is 0. The topological polar surface area (TPSA) is 47.9 Å². The van der Waals surface area contributed by atoms with E-state index in [0.29, 0.717) is 0 Å². The fourth-order valence-corrected chi connectivity index (χ4v) is 1.98. The number of methoxy groups -OCH3 is 1. The SMILES string of the molecule is CCCC[C@@H]1OC(C)(C)O[C@]1(CO)OC. The van der Waals surface area contributed by atoms with Crippen molar-refractivity contribution >= 4 is 0 Å². The van der Waals surface area contributed by atoms with Gasteiger partial charge >= 0.3 is 0 Å². The Morgan fingerprint density at radius 1 is 1.40 bits per heavy atom. The molecule has 4 nitrogen and oxygen atoms in total. The van der Waals surface area contributed by atoms with Crippen LogP contribution < -0.4 is 0 Å². The van der Waals surface area contributed by atoms with Gasteiger partial charge in [-0.15, -0.1) is 0 Å². The highest BCUT2D eigenvalue weighted by Crippen LogP contribution is 2.38. The fraction of sp³-hybridized carbons (Fsp3) is 1.00. The van der Waals surface area contributed by atoms with Crippen molar-refractivity contribution in [2.75, 3.05) is 13.7 Å². The molecule has 1 heterocycles. The number of hydrogen-bond acceptors (Lipinski definition) is 4. The summed E-state index contributed by atoms with van der Waals surface area (Å²) in [7, 11) is 1.54. The molecule has 0 amide bonds. The van der Waals surface area contributed by atoms with E-state index in [2.05, 4.69) is 6.92 Å². The predicted octanol–water partition coefficient (Wildman–Crippen LogP) is 1.66. The lowest BCUT2D eigenvalue weighted by molar-refractivity contribution is -0.259. The minimum Gasteiger partial charge on any atom is -0.391 e. The average Bonchev–Trinajstić information content (AvgIpc) is 2.47. The van der Waals surface area contributed by atoms with Gasteiger partial charge < -0.3 is 19.3 Å². The third-order valence-corrected chi connectivity index (χ3v) is 2.72. The minimum absolute atomic E-state index is 0.179. The van der Waals surface area contributed by atoms with Crippen LogP contribution in [0.2, 0.25) is 0 Å². The number of ether oxygens (including phenoxy) is 3. The zero-order valence-electron chi connectivity index (χ0n) is 10.1. The lowest BCUT2D eigenvalue weighted by Gasteiger charge is -2.29. The van der Waals surface area contributed by atoms with E-state index >= 15 is 0 Å². The van der Waals surface area contributed by atoms with Gasteiger partial charge in [-0.05, 0) is 20.3 Å². The van der Waals surface area contributed by atoms with Crippen molar-refractivity contribution in [3.8, 4) is 0 Å². The van der Waals surface area contributed by atoms with E-state index in [1.807, 2.05) is 13.8 Å². The molecule has 0 radical (unpaired) electrons. The molecule has 1 aliphatic rings. The van der Waals surface area contributed by atoms with Gasteiger partial charge in [0.2, 0.25) is 5.79 Å². The molecule has 4 heteroatoms. The Labute approximate surface area is 91.5 Å². The Bertz CT molecular complexity index is 199. The van der Waals surface area contributed by atoms with Gasteiger partial charge in [0.05, 0.1) is 6.61 Å². The maximum absolute atomic E-state index is 9.39. The third-order valence-electron chi connectivity index (χ3n) is 2.72. The van der Waals surface area contributed by atoms with Crippen LogP contribution in [0.15, 0.2) is 0 Å². The molecule has 0 unspecified atom stereocenters. The normalized spacial score (nSPS) is 34.6. The van der Waals surface area contributed by atoms with Gasteiger partial charge in [0.25, 0.3) is 0 Å². The van der Waals surface area contributed by atoms with Crippen LogP contribution in [0.4, 0.5) is 0 Å². The van der Waals surface area contributed by atoms with E-state index in [1.165, 1.54) is 0 Å². The lowest BCUT2D eigenvalue weighted by atomic mass is 10.0. The van der Waals surface area contributed by atoms with E-state index in [9.17, 15) is 5.11 Å². The van der Waals surface area contributed by atoms with Gasteiger partial charge in [-0.25, -0.2) is 0 Å². The van der Waals surface area contributed by atoms with E-state index in [1.54, 1.807) is 7.11 Å². The van der Waals surface area contributed by atoms with Crippen molar-refractivity contribution in [2.45, 2.75) is 57.7 Å². The van der Waals surface area contributed by atoms with Gasteiger partial charge in [0.1, 0.15) is 6.10 Å². The highest BCUT2D eigenvalue weighted by Gasteiger charge is 2.53. The van der Waals surface area contributed by atoms with Crippen LogP contribution in [0, 0.1) is 0 Å². The number of hydrogen-bond donors (Lipinski definition) is 1. The van der Waals surface area contributed by atoms with Crippen LogP contribution in [-0.2, 0) is 14.2 Å². The monoisotopic (exact) mass is 218 g/mol. The first kappa shape index (κ1) is 12.9. The minimum atomic E-state index is -0.987. The molecule has 1 fully saturated rings. The van der Waals surface area contributed by atoms with Gasteiger partial charge in [0, 0.05) is 7.11 Å². The number of aliphatic hydroxyl groups excluding tert-OH is 1. The average molecular weight is 218 g/mol. The van der Waals surface area contributed by atoms with E-state index in [4.69, 9.17) is 14.2 Å². The Morgan fingerprint density at radius 2 is 2.07 bits per heavy atom. The number of aliphatic hydroxyl groups is 1. The second-order valence-corrected chi connectivity index (χ2v) is 4.42. The molecule has 0 aliphatic carbocycles. The van der Waals surface area contributed by atoms with Gasteiger partial charge in [-0.3, -0.25) is 0 Å². The summed E-state index contributed by atoms with van der Waals surface area (Å²) < 4.78 is 16.7. The van der Waals surface area contributed by atoms with E-state index in [0.717, 1.165) is 19.3 Å². The van der Waals surface area contributed by atoms with Crippen LogP contribution in [0.3, 0.4) is 0 Å². The summed E-state index contributed by atoms with van der Waals surface area (Å²) in [6.45, 7) is 5.61. The van der Waals surface area contributed by atoms with Gasteiger partial charge in [0.15, 0.2) is 5.79 Å². The first-order valence-corrected chi connectivity index (χ1v) is 5.53. The summed E-state index contributed by atoms with van der Waals surface area (Å²) in [4.78, 5) is 0. The van der Waals surface area contributed by atoms with E-state index < -0.39 is 11.6 Å². The first-order valence-electron chi connectivity index (χ1n) is 5.53. The summed E-state index contributed by atoms with van der Waals surface area (Å²) in [6.07, 6.45) is 2.78. The highest BCUT2D eigenvalue weighted by atomic mass is 16.8. The van der Waals surface area contributed by atoms with Crippen LogP contribution in [0.25, 0.3) is 0 Å². The molecule has 0 aromatic carbocycles. The third kappa shape index (κ3) is 2.69.